The van der Waals surface area contributed by atoms with Gasteiger partial charge in [0.2, 0.25) is 5.91 Å². The molecule has 1 aliphatic rings. The molecule has 4 aromatic rings. The van der Waals surface area contributed by atoms with E-state index < -0.39 is 0 Å². The van der Waals surface area contributed by atoms with Crippen molar-refractivity contribution >= 4 is 22.8 Å². The maximum absolute atomic E-state index is 12.7. The van der Waals surface area contributed by atoms with Crippen LogP contribution in [0.2, 0.25) is 0 Å². The molecule has 3 N–H and O–H groups in total. The lowest BCUT2D eigenvalue weighted by molar-refractivity contribution is -0.127. The zero-order valence-corrected chi connectivity index (χ0v) is 20.2. The third kappa shape index (κ3) is 4.92. The first-order valence-corrected chi connectivity index (χ1v) is 12.1. The van der Waals surface area contributed by atoms with Crippen molar-refractivity contribution in [3.8, 4) is 22.8 Å². The van der Waals surface area contributed by atoms with Gasteiger partial charge in [0, 0.05) is 31.3 Å². The van der Waals surface area contributed by atoms with Gasteiger partial charge in [-0.1, -0.05) is 24.3 Å². The van der Waals surface area contributed by atoms with Gasteiger partial charge in [-0.05, 0) is 56.3 Å². The molecule has 9 heteroatoms. The first-order valence-electron chi connectivity index (χ1n) is 12.1. The number of carbonyl (C=O) groups is 1. The number of nitrogen functional groups attached to an aromatic ring is 1. The van der Waals surface area contributed by atoms with Crippen LogP contribution in [-0.2, 0) is 4.79 Å². The van der Waals surface area contributed by atoms with Crippen LogP contribution < -0.4 is 15.8 Å². The Morgan fingerprint density at radius 2 is 1.92 bits per heavy atom. The van der Waals surface area contributed by atoms with Gasteiger partial charge in [-0.2, -0.15) is 5.10 Å². The number of likely N-dealkylation sites (N-methyl/N-ethyl adjacent to an activating group) is 1. The second kappa shape index (κ2) is 10.6. The number of fused-ring (bicyclic) bond motifs is 1. The molecule has 0 spiro atoms. The van der Waals surface area contributed by atoms with E-state index in [1.54, 1.807) is 6.08 Å². The molecule has 0 saturated carbocycles. The molecule has 0 aliphatic carbocycles. The van der Waals surface area contributed by atoms with E-state index in [-0.39, 0.29) is 11.9 Å². The highest BCUT2D eigenvalue weighted by atomic mass is 16.5. The number of likely N-dealkylation sites (tertiary alicyclic amines) is 1. The van der Waals surface area contributed by atoms with Crippen LogP contribution in [0.1, 0.15) is 18.9 Å². The highest BCUT2D eigenvalue weighted by Gasteiger charge is 2.28. The summed E-state index contributed by atoms with van der Waals surface area (Å²) in [6.45, 7) is 1.94. The molecule has 1 saturated heterocycles. The molecule has 1 unspecified atom stereocenters. The third-order valence-corrected chi connectivity index (χ3v) is 6.26. The molecule has 1 atom stereocenters. The topological polar surface area (TPSA) is 111 Å². The predicted octanol–water partition coefficient (Wildman–Crippen LogP) is 3.81. The number of anilines is 1. The first kappa shape index (κ1) is 23.5. The second-order valence-electron chi connectivity index (χ2n) is 8.73. The van der Waals surface area contributed by atoms with Crippen LogP contribution in [-0.4, -0.2) is 57.2 Å². The van der Waals surface area contributed by atoms with E-state index in [4.69, 9.17) is 15.6 Å². The molecule has 0 radical (unpaired) electrons. The van der Waals surface area contributed by atoms with Gasteiger partial charge in [0.1, 0.15) is 29.3 Å². The molecule has 9 nitrogen and oxygen atoms in total. The number of piperidine rings is 1. The molecule has 3 heterocycles. The van der Waals surface area contributed by atoms with Crippen molar-refractivity contribution in [2.45, 2.75) is 18.9 Å². The number of nitrogens with two attached hydrogens (primary N) is 1. The Hall–Kier alpha value is -4.24. The summed E-state index contributed by atoms with van der Waals surface area (Å²) in [6.07, 6.45) is 6.72. The Bertz CT molecular complexity index is 1370. The van der Waals surface area contributed by atoms with Gasteiger partial charge in [0.25, 0.3) is 0 Å². The fourth-order valence-corrected chi connectivity index (χ4v) is 4.50. The highest BCUT2D eigenvalue weighted by Crippen LogP contribution is 2.34. The lowest BCUT2D eigenvalue weighted by Crippen LogP contribution is -2.40. The summed E-state index contributed by atoms with van der Waals surface area (Å²) in [5.74, 6) is 1.89. The number of hydrogen-bond donors (Lipinski definition) is 2. The van der Waals surface area contributed by atoms with Crippen LogP contribution in [0.15, 0.2) is 73.1 Å². The summed E-state index contributed by atoms with van der Waals surface area (Å²) >= 11 is 0. The van der Waals surface area contributed by atoms with Crippen molar-refractivity contribution in [3.63, 3.8) is 0 Å². The van der Waals surface area contributed by atoms with Crippen molar-refractivity contribution in [3.05, 3.63) is 73.1 Å². The highest BCUT2D eigenvalue weighted by molar-refractivity contribution is 5.98. The Labute approximate surface area is 209 Å². The number of benzene rings is 2. The summed E-state index contributed by atoms with van der Waals surface area (Å²) in [5, 5.41) is 8.68. The number of para-hydroxylation sites is 1. The molecule has 1 fully saturated rings. The van der Waals surface area contributed by atoms with Gasteiger partial charge in [0.05, 0.1) is 11.4 Å². The molecule has 1 aliphatic heterocycles. The van der Waals surface area contributed by atoms with Gasteiger partial charge in [0.15, 0.2) is 5.65 Å². The number of carbonyl (C=O) groups excluding carboxylic acids is 1. The zero-order valence-electron chi connectivity index (χ0n) is 20.2. The standard InChI is InChI=1S/C27H29N7O2/c1-29-15-5-10-23(35)33-16-6-7-20(17-33)34-27-24(26(28)30-18-31-27)25(32-34)19-11-13-22(14-12-19)36-21-8-3-2-4-9-21/h2-5,8-14,18,20,29H,6-7,15-17H2,1H3,(H2,28,30,31)/b10-5+. The van der Waals surface area contributed by atoms with E-state index in [9.17, 15) is 4.79 Å². The normalized spacial score (nSPS) is 16.0. The van der Waals surface area contributed by atoms with E-state index in [0.29, 0.717) is 35.6 Å². The second-order valence-corrected chi connectivity index (χ2v) is 8.73. The maximum atomic E-state index is 12.7. The maximum Gasteiger partial charge on any atom is 0.246 e. The fourth-order valence-electron chi connectivity index (χ4n) is 4.50. The molecular weight excluding hydrogens is 454 g/mol. The predicted molar refractivity (Wildman–Crippen MR) is 140 cm³/mol. The monoisotopic (exact) mass is 483 g/mol. The van der Waals surface area contributed by atoms with Crippen molar-refractivity contribution in [1.82, 2.24) is 30.0 Å². The minimum atomic E-state index is -0.00774. The average molecular weight is 484 g/mol. The van der Waals surface area contributed by atoms with Crippen LogP contribution >= 0.6 is 0 Å². The van der Waals surface area contributed by atoms with Crippen LogP contribution in [0, 0.1) is 0 Å². The minimum Gasteiger partial charge on any atom is -0.457 e. The van der Waals surface area contributed by atoms with Crippen molar-refractivity contribution < 1.29 is 9.53 Å². The number of amides is 1. The number of nitrogens with zero attached hydrogens (tertiary/aromatic N) is 5. The number of nitrogens with one attached hydrogen (secondary N) is 1. The van der Waals surface area contributed by atoms with Crippen LogP contribution in [0.25, 0.3) is 22.3 Å². The van der Waals surface area contributed by atoms with Gasteiger partial charge in [-0.15, -0.1) is 0 Å². The number of aromatic nitrogens is 4. The summed E-state index contributed by atoms with van der Waals surface area (Å²) in [5.41, 5.74) is 8.58. The lowest BCUT2D eigenvalue weighted by atomic mass is 10.1. The SMILES string of the molecule is CNC/C=C/C(=O)N1CCCC(n2nc(-c3ccc(Oc4ccccc4)cc3)c3c(N)ncnc32)C1. The third-order valence-electron chi connectivity index (χ3n) is 6.26. The summed E-state index contributed by atoms with van der Waals surface area (Å²) in [7, 11) is 1.85. The van der Waals surface area contributed by atoms with Crippen LogP contribution in [0.3, 0.4) is 0 Å². The van der Waals surface area contributed by atoms with E-state index in [1.165, 1.54) is 6.33 Å². The first-order chi connectivity index (χ1) is 17.6. The fraction of sp³-hybridized carbons (Fsp3) is 0.259. The Morgan fingerprint density at radius 1 is 1.14 bits per heavy atom. The van der Waals surface area contributed by atoms with Gasteiger partial charge < -0.3 is 20.7 Å². The van der Waals surface area contributed by atoms with Gasteiger partial charge >= 0.3 is 0 Å². The molecule has 36 heavy (non-hydrogen) atoms. The van der Waals surface area contributed by atoms with Crippen LogP contribution in [0.4, 0.5) is 5.82 Å². The Balaban J connectivity index is 1.44. The van der Waals surface area contributed by atoms with E-state index in [1.807, 2.05) is 77.3 Å². The lowest BCUT2D eigenvalue weighted by Gasteiger charge is -2.32. The molecule has 184 valence electrons. The van der Waals surface area contributed by atoms with Gasteiger partial charge in [-0.25, -0.2) is 14.6 Å². The van der Waals surface area contributed by atoms with Crippen molar-refractivity contribution in [2.75, 3.05) is 32.4 Å². The number of ether oxygens (including phenoxy) is 1. The molecular formula is C27H29N7O2. The molecule has 0 bridgehead atoms. The Kier molecular flexibility index (Phi) is 6.90. The smallest absolute Gasteiger partial charge is 0.246 e. The summed E-state index contributed by atoms with van der Waals surface area (Å²) in [6, 6.07) is 17.4. The molecule has 1 amide bonds. The Morgan fingerprint density at radius 3 is 2.69 bits per heavy atom. The van der Waals surface area contributed by atoms with Gasteiger partial charge in [-0.3, -0.25) is 4.79 Å². The largest absolute Gasteiger partial charge is 0.457 e. The van der Waals surface area contributed by atoms with E-state index in [0.717, 1.165) is 36.4 Å². The van der Waals surface area contributed by atoms with E-state index in [2.05, 4.69) is 15.3 Å². The van der Waals surface area contributed by atoms with Crippen molar-refractivity contribution in [2.24, 2.45) is 0 Å². The number of rotatable bonds is 7. The number of hydrogen-bond acceptors (Lipinski definition) is 7. The molecule has 2 aromatic carbocycles. The minimum absolute atomic E-state index is 0.00774. The molecule has 5 rings (SSSR count). The summed E-state index contributed by atoms with van der Waals surface area (Å²) in [4.78, 5) is 23.3. The van der Waals surface area contributed by atoms with Crippen LogP contribution in [0.5, 0.6) is 11.5 Å². The average Bonchev–Trinajstić information content (AvgIpc) is 3.31. The van der Waals surface area contributed by atoms with Crippen molar-refractivity contribution in [1.29, 1.82) is 0 Å². The summed E-state index contributed by atoms with van der Waals surface area (Å²) < 4.78 is 7.84. The zero-order chi connectivity index (χ0) is 24.9. The van der Waals surface area contributed by atoms with E-state index >= 15 is 0 Å². The quantitative estimate of drug-likeness (QED) is 0.385. The molecule has 2 aromatic heterocycles.